The molecule has 0 aliphatic heterocycles. The maximum Gasteiger partial charge on any atom is 0.127 e. The normalized spacial score (nSPS) is 13.9. The van der Waals surface area contributed by atoms with E-state index in [9.17, 15) is 0 Å². The first kappa shape index (κ1) is 14.0. The number of hydrogen-bond donors (Lipinski definition) is 1. The highest BCUT2D eigenvalue weighted by molar-refractivity contribution is 5.75. The van der Waals surface area contributed by atoms with Gasteiger partial charge in [0, 0.05) is 25.5 Å². The minimum atomic E-state index is -0.133. The van der Waals surface area contributed by atoms with Crippen LogP contribution in [0.3, 0.4) is 0 Å². The zero-order valence-electron chi connectivity index (χ0n) is 12.1. The molecule has 0 saturated heterocycles. The summed E-state index contributed by atoms with van der Waals surface area (Å²) in [5.41, 5.74) is 8.15. The molecule has 0 saturated carbocycles. The van der Waals surface area contributed by atoms with E-state index >= 15 is 0 Å². The number of hydrogen-bond acceptors (Lipinski definition) is 4. The Morgan fingerprint density at radius 3 is 2.79 bits per heavy atom. The molecule has 2 aromatic rings. The van der Waals surface area contributed by atoms with Crippen LogP contribution in [0.25, 0.3) is 11.0 Å². The number of ether oxygens (including phenoxy) is 1. The molecule has 0 aromatic carbocycles. The zero-order chi connectivity index (χ0) is 14.0. The lowest BCUT2D eigenvalue weighted by atomic mass is 10.1. The summed E-state index contributed by atoms with van der Waals surface area (Å²) in [5.74, 6) is 0.896. The topological polar surface area (TPSA) is 66.0 Å². The van der Waals surface area contributed by atoms with Crippen LogP contribution in [0.4, 0.5) is 0 Å². The summed E-state index contributed by atoms with van der Waals surface area (Å²) in [6.07, 6.45) is 4.32. The molecule has 0 radical (unpaired) electrons. The van der Waals surface area contributed by atoms with Gasteiger partial charge in [0.2, 0.25) is 0 Å². The van der Waals surface area contributed by atoms with Gasteiger partial charge in [-0.2, -0.15) is 0 Å². The summed E-state index contributed by atoms with van der Waals surface area (Å²) < 4.78 is 7.30. The lowest BCUT2D eigenvalue weighted by Gasteiger charge is -2.26. The van der Waals surface area contributed by atoms with Crippen LogP contribution in [0.2, 0.25) is 0 Å². The van der Waals surface area contributed by atoms with E-state index in [2.05, 4.69) is 35.3 Å². The number of fused-ring (bicyclic) bond motifs is 1. The third-order valence-electron chi connectivity index (χ3n) is 3.12. The molecule has 0 fully saturated rings. The van der Waals surface area contributed by atoms with E-state index in [4.69, 9.17) is 10.5 Å². The highest BCUT2D eigenvalue weighted by Gasteiger charge is 2.24. The van der Waals surface area contributed by atoms with Crippen molar-refractivity contribution >= 4 is 11.0 Å². The van der Waals surface area contributed by atoms with E-state index in [0.717, 1.165) is 23.3 Å². The molecule has 5 nitrogen and oxygen atoms in total. The van der Waals surface area contributed by atoms with Crippen LogP contribution >= 0.6 is 0 Å². The van der Waals surface area contributed by atoms with Crippen LogP contribution in [0.15, 0.2) is 18.5 Å². The standard InChI is InChI=1S/C14H22N4O/c1-14(2,3)18-12-5-7-16-9-11(12)17-13(18)10(15)6-8-19-4/h5,7,9-10H,6,8,15H2,1-4H3. The molecule has 2 rings (SSSR count). The number of rotatable bonds is 4. The molecular formula is C14H22N4O. The second kappa shape index (κ2) is 5.27. The lowest BCUT2D eigenvalue weighted by molar-refractivity contribution is 0.186. The Morgan fingerprint density at radius 1 is 1.42 bits per heavy atom. The summed E-state index contributed by atoms with van der Waals surface area (Å²) in [5, 5.41) is 0. The SMILES string of the molecule is COCCC(N)c1nc2cnccc2n1C(C)(C)C. The molecule has 0 spiro atoms. The largest absolute Gasteiger partial charge is 0.385 e. The molecule has 0 aliphatic carbocycles. The van der Waals surface area contributed by atoms with Crippen LogP contribution in [-0.4, -0.2) is 28.3 Å². The molecule has 0 aliphatic rings. The van der Waals surface area contributed by atoms with Crippen LogP contribution in [0, 0.1) is 0 Å². The average Bonchev–Trinajstić information content (AvgIpc) is 2.74. The first-order chi connectivity index (χ1) is 8.95. The summed E-state index contributed by atoms with van der Waals surface area (Å²) in [6.45, 7) is 7.09. The number of pyridine rings is 1. The van der Waals surface area contributed by atoms with Gasteiger partial charge in [-0.25, -0.2) is 4.98 Å². The van der Waals surface area contributed by atoms with Crippen molar-refractivity contribution in [1.82, 2.24) is 14.5 Å². The second-order valence-electron chi connectivity index (χ2n) is 5.73. The smallest absolute Gasteiger partial charge is 0.127 e. The van der Waals surface area contributed by atoms with Crippen LogP contribution in [0.5, 0.6) is 0 Å². The summed E-state index contributed by atoms with van der Waals surface area (Å²) in [4.78, 5) is 8.78. The zero-order valence-corrected chi connectivity index (χ0v) is 12.1. The van der Waals surface area contributed by atoms with Crippen LogP contribution in [-0.2, 0) is 10.3 Å². The van der Waals surface area contributed by atoms with E-state index < -0.39 is 0 Å². The Hall–Kier alpha value is -1.46. The highest BCUT2D eigenvalue weighted by Crippen LogP contribution is 2.28. The van der Waals surface area contributed by atoms with Gasteiger partial charge < -0.3 is 15.0 Å². The van der Waals surface area contributed by atoms with E-state index in [1.54, 1.807) is 19.5 Å². The quantitative estimate of drug-likeness (QED) is 0.917. The molecule has 19 heavy (non-hydrogen) atoms. The average molecular weight is 262 g/mol. The molecule has 2 aromatic heterocycles. The number of imidazole rings is 1. The Bertz CT molecular complexity index is 556. The van der Waals surface area contributed by atoms with E-state index in [0.29, 0.717) is 6.61 Å². The molecule has 1 unspecified atom stereocenters. The molecule has 2 heterocycles. The van der Waals surface area contributed by atoms with Crippen molar-refractivity contribution in [3.63, 3.8) is 0 Å². The summed E-state index contributed by atoms with van der Waals surface area (Å²) in [6, 6.07) is 1.85. The lowest BCUT2D eigenvalue weighted by Crippen LogP contribution is -2.28. The number of nitrogens with two attached hydrogens (primary N) is 1. The summed E-state index contributed by atoms with van der Waals surface area (Å²) in [7, 11) is 1.68. The first-order valence-corrected chi connectivity index (χ1v) is 6.52. The van der Waals surface area contributed by atoms with E-state index in [1.165, 1.54) is 0 Å². The fourth-order valence-corrected chi connectivity index (χ4v) is 2.28. The summed E-state index contributed by atoms with van der Waals surface area (Å²) >= 11 is 0. The van der Waals surface area contributed by atoms with E-state index in [1.807, 2.05) is 6.07 Å². The van der Waals surface area contributed by atoms with Crippen molar-refractivity contribution in [2.24, 2.45) is 5.73 Å². The third kappa shape index (κ3) is 2.77. The van der Waals surface area contributed by atoms with Crippen molar-refractivity contribution < 1.29 is 4.74 Å². The minimum Gasteiger partial charge on any atom is -0.385 e. The number of aromatic nitrogens is 3. The molecule has 0 amide bonds. The molecule has 0 bridgehead atoms. The van der Waals surface area contributed by atoms with Crippen LogP contribution < -0.4 is 5.73 Å². The highest BCUT2D eigenvalue weighted by atomic mass is 16.5. The fourth-order valence-electron chi connectivity index (χ4n) is 2.28. The molecule has 1 atom stereocenters. The predicted octanol–water partition coefficient (Wildman–Crippen LogP) is 2.22. The number of methoxy groups -OCH3 is 1. The number of nitrogens with zero attached hydrogens (tertiary/aromatic N) is 3. The molecular weight excluding hydrogens is 240 g/mol. The fraction of sp³-hybridized carbons (Fsp3) is 0.571. The Morgan fingerprint density at radius 2 is 2.16 bits per heavy atom. The van der Waals surface area contributed by atoms with Gasteiger partial charge in [0.15, 0.2) is 0 Å². The van der Waals surface area contributed by atoms with Crippen molar-refractivity contribution in [2.75, 3.05) is 13.7 Å². The maximum atomic E-state index is 6.26. The maximum absolute atomic E-state index is 6.26. The van der Waals surface area contributed by atoms with Gasteiger partial charge in [0.25, 0.3) is 0 Å². The van der Waals surface area contributed by atoms with Gasteiger partial charge in [-0.1, -0.05) is 0 Å². The van der Waals surface area contributed by atoms with Crippen molar-refractivity contribution in [3.8, 4) is 0 Å². The molecule has 2 N–H and O–H groups in total. The minimum absolute atomic E-state index is 0.0733. The molecule has 104 valence electrons. The van der Waals surface area contributed by atoms with Crippen LogP contribution in [0.1, 0.15) is 39.1 Å². The van der Waals surface area contributed by atoms with Gasteiger partial charge in [-0.05, 0) is 33.3 Å². The van der Waals surface area contributed by atoms with Gasteiger partial charge in [-0.15, -0.1) is 0 Å². The Balaban J connectivity index is 2.53. The predicted molar refractivity (Wildman–Crippen MR) is 75.9 cm³/mol. The molecule has 5 heteroatoms. The Labute approximate surface area is 113 Å². The first-order valence-electron chi connectivity index (χ1n) is 6.52. The second-order valence-corrected chi connectivity index (χ2v) is 5.73. The van der Waals surface area contributed by atoms with Gasteiger partial charge in [0.1, 0.15) is 11.3 Å². The third-order valence-corrected chi connectivity index (χ3v) is 3.12. The van der Waals surface area contributed by atoms with Crippen molar-refractivity contribution in [2.45, 2.75) is 38.8 Å². The van der Waals surface area contributed by atoms with Gasteiger partial charge >= 0.3 is 0 Å². The van der Waals surface area contributed by atoms with Crippen molar-refractivity contribution in [3.05, 3.63) is 24.3 Å². The van der Waals surface area contributed by atoms with Gasteiger partial charge in [0.05, 0.1) is 17.8 Å². The van der Waals surface area contributed by atoms with Crippen molar-refractivity contribution in [1.29, 1.82) is 0 Å². The Kier molecular flexibility index (Phi) is 3.87. The van der Waals surface area contributed by atoms with E-state index in [-0.39, 0.29) is 11.6 Å². The monoisotopic (exact) mass is 262 g/mol. The van der Waals surface area contributed by atoms with Gasteiger partial charge in [-0.3, -0.25) is 4.98 Å².